The summed E-state index contributed by atoms with van der Waals surface area (Å²) in [4.78, 5) is 0. The Hall–Kier alpha value is -2.34. The molecule has 18 heavy (non-hydrogen) atoms. The summed E-state index contributed by atoms with van der Waals surface area (Å²) >= 11 is 0. The number of fused-ring (bicyclic) bond motifs is 3. The lowest BCUT2D eigenvalue weighted by Gasteiger charge is -1.99. The second-order valence-corrected chi connectivity index (χ2v) is 4.74. The molecule has 0 heteroatoms. The van der Waals surface area contributed by atoms with E-state index in [9.17, 15) is 0 Å². The Kier molecular flexibility index (Phi) is 1.92. The van der Waals surface area contributed by atoms with Crippen LogP contribution in [0.25, 0.3) is 32.7 Å². The first kappa shape index (κ1) is 9.67. The molecule has 0 bridgehead atoms. The van der Waals surface area contributed by atoms with Gasteiger partial charge < -0.3 is 0 Å². The Morgan fingerprint density at radius 3 is 1.89 bits per heavy atom. The molecule has 0 saturated carbocycles. The van der Waals surface area contributed by atoms with Gasteiger partial charge in [0.15, 0.2) is 0 Å². The van der Waals surface area contributed by atoms with Crippen LogP contribution in [0.15, 0.2) is 72.8 Å². The van der Waals surface area contributed by atoms with Crippen LogP contribution in [0.1, 0.15) is 0 Å². The third-order valence-corrected chi connectivity index (χ3v) is 3.59. The minimum absolute atomic E-state index is 1.30. The van der Waals surface area contributed by atoms with Crippen molar-refractivity contribution in [3.63, 3.8) is 0 Å². The predicted octanol–water partition coefficient (Wildman–Crippen LogP) is 5.10. The van der Waals surface area contributed by atoms with Gasteiger partial charge in [-0.2, -0.15) is 0 Å². The second kappa shape index (κ2) is 3.58. The van der Waals surface area contributed by atoms with Crippen LogP contribution in [0.5, 0.6) is 0 Å². The lowest BCUT2D eigenvalue weighted by Crippen LogP contribution is -1.72. The summed E-state index contributed by atoms with van der Waals surface area (Å²) in [6, 6.07) is 26.2. The fourth-order valence-electron chi connectivity index (χ4n) is 2.62. The largest absolute Gasteiger partial charge is 0.0616 e. The first-order valence-corrected chi connectivity index (χ1v) is 6.21. The molecule has 0 nitrogen and oxygen atoms in total. The Morgan fingerprint density at radius 1 is 0.389 bits per heavy atom. The maximum Gasteiger partial charge on any atom is -0.0171 e. The number of benzene rings is 2. The van der Waals surface area contributed by atoms with E-state index < -0.39 is 0 Å². The van der Waals surface area contributed by atoms with Crippen molar-refractivity contribution in [3.8, 4) is 11.1 Å². The van der Waals surface area contributed by atoms with E-state index in [1.807, 2.05) is 0 Å². The molecule has 0 spiro atoms. The van der Waals surface area contributed by atoms with E-state index in [-0.39, 0.29) is 0 Å². The molecule has 84 valence electrons. The minimum Gasteiger partial charge on any atom is -0.0616 e. The topological polar surface area (TPSA) is 0 Å². The lowest BCUT2D eigenvalue weighted by molar-refractivity contribution is 1.80. The molecule has 0 atom stereocenters. The van der Waals surface area contributed by atoms with E-state index >= 15 is 0 Å². The zero-order valence-corrected chi connectivity index (χ0v) is 9.93. The maximum atomic E-state index is 2.27. The van der Waals surface area contributed by atoms with Crippen LogP contribution in [0.3, 0.4) is 0 Å². The number of rotatable bonds is 0. The molecule has 2 aromatic carbocycles. The van der Waals surface area contributed by atoms with E-state index in [0.29, 0.717) is 0 Å². The highest BCUT2D eigenvalue weighted by molar-refractivity contribution is 5.99. The molecule has 0 radical (unpaired) electrons. The van der Waals surface area contributed by atoms with Crippen molar-refractivity contribution >= 4 is 21.5 Å². The molecule has 0 N–H and O–H groups in total. The molecule has 2 aliphatic rings. The SMILES string of the molecule is c1cc2ccc3cc4ccccc4cc3cc-2c1. The Bertz CT molecular complexity index is 827. The monoisotopic (exact) mass is 228 g/mol. The highest BCUT2D eigenvalue weighted by Crippen LogP contribution is 2.28. The molecule has 0 aromatic heterocycles. The summed E-state index contributed by atoms with van der Waals surface area (Å²) in [5.74, 6) is 0. The number of hydrogen-bond acceptors (Lipinski definition) is 0. The summed E-state index contributed by atoms with van der Waals surface area (Å²) < 4.78 is 0. The Balaban J connectivity index is 2.19. The first-order chi connectivity index (χ1) is 8.90. The summed E-state index contributed by atoms with van der Waals surface area (Å²) in [5, 5.41) is 5.20. The van der Waals surface area contributed by atoms with Gasteiger partial charge in [-0.15, -0.1) is 0 Å². The average molecular weight is 228 g/mol. The van der Waals surface area contributed by atoms with Gasteiger partial charge in [0.2, 0.25) is 0 Å². The van der Waals surface area contributed by atoms with Crippen molar-refractivity contribution in [2.45, 2.75) is 0 Å². The van der Waals surface area contributed by atoms with Crippen LogP contribution >= 0.6 is 0 Å². The van der Waals surface area contributed by atoms with Crippen LogP contribution < -0.4 is 0 Å². The molecule has 2 aromatic rings. The van der Waals surface area contributed by atoms with E-state index in [2.05, 4.69) is 72.8 Å². The van der Waals surface area contributed by atoms with Crippen molar-refractivity contribution < 1.29 is 0 Å². The fourth-order valence-corrected chi connectivity index (χ4v) is 2.62. The highest BCUT2D eigenvalue weighted by atomic mass is 14.1. The quantitative estimate of drug-likeness (QED) is 0.393. The molecule has 0 saturated heterocycles. The van der Waals surface area contributed by atoms with Gasteiger partial charge in [-0.25, -0.2) is 0 Å². The summed E-state index contributed by atoms with van der Waals surface area (Å²) in [5.41, 5.74) is 2.61. The van der Waals surface area contributed by atoms with Crippen molar-refractivity contribution in [2.24, 2.45) is 0 Å². The van der Waals surface area contributed by atoms with Gasteiger partial charge in [0, 0.05) is 0 Å². The van der Waals surface area contributed by atoms with Gasteiger partial charge in [0.25, 0.3) is 0 Å². The minimum atomic E-state index is 1.30. The predicted molar refractivity (Wildman–Crippen MR) is 78.1 cm³/mol. The van der Waals surface area contributed by atoms with Crippen molar-refractivity contribution in [2.75, 3.05) is 0 Å². The second-order valence-electron chi connectivity index (χ2n) is 4.74. The van der Waals surface area contributed by atoms with Gasteiger partial charge in [0.05, 0.1) is 0 Å². The maximum absolute atomic E-state index is 2.27. The van der Waals surface area contributed by atoms with Crippen LogP contribution in [0, 0.1) is 0 Å². The first-order valence-electron chi connectivity index (χ1n) is 6.21. The van der Waals surface area contributed by atoms with Gasteiger partial charge in [-0.3, -0.25) is 0 Å². The molecule has 4 rings (SSSR count). The normalized spacial score (nSPS) is 11.3. The van der Waals surface area contributed by atoms with Crippen LogP contribution in [0.2, 0.25) is 0 Å². The van der Waals surface area contributed by atoms with E-state index in [1.54, 1.807) is 0 Å². The molecule has 0 unspecified atom stereocenters. The molecule has 0 heterocycles. The molecule has 2 aliphatic carbocycles. The Morgan fingerprint density at radius 2 is 1.06 bits per heavy atom. The van der Waals surface area contributed by atoms with E-state index in [1.165, 1.54) is 32.7 Å². The third-order valence-electron chi connectivity index (χ3n) is 3.59. The smallest absolute Gasteiger partial charge is 0.0171 e. The molecular weight excluding hydrogens is 216 g/mol. The third kappa shape index (κ3) is 1.39. The van der Waals surface area contributed by atoms with Crippen LogP contribution in [-0.2, 0) is 0 Å². The summed E-state index contributed by atoms with van der Waals surface area (Å²) in [6.45, 7) is 0. The fraction of sp³-hybridized carbons (Fsp3) is 0. The van der Waals surface area contributed by atoms with Crippen molar-refractivity contribution in [1.29, 1.82) is 0 Å². The van der Waals surface area contributed by atoms with Gasteiger partial charge in [-0.1, -0.05) is 54.6 Å². The van der Waals surface area contributed by atoms with Crippen LogP contribution in [-0.4, -0.2) is 0 Å². The lowest BCUT2D eigenvalue weighted by atomic mass is 10.1. The number of hydrogen-bond donors (Lipinski definition) is 0. The van der Waals surface area contributed by atoms with Gasteiger partial charge >= 0.3 is 0 Å². The van der Waals surface area contributed by atoms with Gasteiger partial charge in [0.1, 0.15) is 0 Å². The van der Waals surface area contributed by atoms with Gasteiger partial charge in [-0.05, 0) is 50.9 Å². The van der Waals surface area contributed by atoms with E-state index in [4.69, 9.17) is 0 Å². The summed E-state index contributed by atoms with van der Waals surface area (Å²) in [6.07, 6.45) is 0. The average Bonchev–Trinajstić information content (AvgIpc) is 2.77. The zero-order chi connectivity index (χ0) is 11.9. The Labute approximate surface area is 106 Å². The molecular formula is C18H12. The molecule has 0 amide bonds. The summed E-state index contributed by atoms with van der Waals surface area (Å²) in [7, 11) is 0. The van der Waals surface area contributed by atoms with Crippen molar-refractivity contribution in [3.05, 3.63) is 72.8 Å². The van der Waals surface area contributed by atoms with Crippen molar-refractivity contribution in [1.82, 2.24) is 0 Å². The standard InChI is InChI=1S/C18H12/c1-2-5-16-12-18-11-14-7-3-6-13(14)8-9-17(18)10-15(16)4-1/h1-12H. The highest BCUT2D eigenvalue weighted by Gasteiger charge is 2.02. The molecule has 0 fully saturated rings. The van der Waals surface area contributed by atoms with E-state index in [0.717, 1.165) is 0 Å². The van der Waals surface area contributed by atoms with Crippen LogP contribution in [0.4, 0.5) is 0 Å². The zero-order valence-electron chi connectivity index (χ0n) is 9.93. The molecule has 0 aliphatic heterocycles.